The van der Waals surface area contributed by atoms with E-state index < -0.39 is 29.7 Å². The van der Waals surface area contributed by atoms with Crippen LogP contribution < -0.4 is 0 Å². The zero-order chi connectivity index (χ0) is 17.8. The van der Waals surface area contributed by atoms with Gasteiger partial charge in [-0.15, -0.1) is 0 Å². The van der Waals surface area contributed by atoms with E-state index in [1.54, 1.807) is 13.8 Å². The molecule has 0 bridgehead atoms. The van der Waals surface area contributed by atoms with Crippen LogP contribution in [0.5, 0.6) is 0 Å². The number of ether oxygens (including phenoxy) is 2. The minimum Gasteiger partial charge on any atom is -0.461 e. The molecule has 2 aliphatic carbocycles. The molecule has 24 heavy (non-hydrogen) atoms. The van der Waals surface area contributed by atoms with Crippen molar-refractivity contribution in [3.05, 3.63) is 36.0 Å². The van der Waals surface area contributed by atoms with Crippen LogP contribution in [0.4, 0.5) is 0 Å². The van der Waals surface area contributed by atoms with Crippen LogP contribution in [0.25, 0.3) is 0 Å². The lowest BCUT2D eigenvalue weighted by atomic mass is 9.77. The highest BCUT2D eigenvalue weighted by Crippen LogP contribution is 2.53. The standard InChI is InChI=1S/C19H24O5/c1-9(2)17(20)23-13-8-11(4)19(22)7-6-10(3)15(19)16-14(13)12(5)18(21)24-16/h6,9,13-16,22H,4-5,7-8H2,1-3H3. The molecule has 0 spiro atoms. The van der Waals surface area contributed by atoms with Crippen molar-refractivity contribution in [2.45, 2.75) is 51.4 Å². The maximum absolute atomic E-state index is 12.1. The van der Waals surface area contributed by atoms with Gasteiger partial charge < -0.3 is 14.6 Å². The smallest absolute Gasteiger partial charge is 0.334 e. The predicted octanol–water partition coefficient (Wildman–Crippen LogP) is 2.31. The van der Waals surface area contributed by atoms with Crippen molar-refractivity contribution < 1.29 is 24.2 Å². The SMILES string of the molecule is C=C1C(=O)OC2C1C(OC(=O)C(C)C)CC(=C)C1(O)CC=C(C)C21. The second kappa shape index (κ2) is 5.59. The van der Waals surface area contributed by atoms with Crippen LogP contribution in [0.1, 0.15) is 33.6 Å². The van der Waals surface area contributed by atoms with E-state index in [1.807, 2.05) is 13.0 Å². The van der Waals surface area contributed by atoms with Crippen LogP contribution in [0.2, 0.25) is 0 Å². The normalized spacial score (nSPS) is 38.4. The van der Waals surface area contributed by atoms with E-state index in [0.29, 0.717) is 24.0 Å². The van der Waals surface area contributed by atoms with E-state index in [2.05, 4.69) is 13.2 Å². The average molecular weight is 332 g/mol. The van der Waals surface area contributed by atoms with E-state index in [1.165, 1.54) is 0 Å². The van der Waals surface area contributed by atoms with Crippen molar-refractivity contribution in [2.24, 2.45) is 17.8 Å². The Morgan fingerprint density at radius 1 is 1.46 bits per heavy atom. The lowest BCUT2D eigenvalue weighted by molar-refractivity contribution is -0.156. The molecule has 0 radical (unpaired) electrons. The van der Waals surface area contributed by atoms with Crippen molar-refractivity contribution in [3.63, 3.8) is 0 Å². The number of fused-ring (bicyclic) bond motifs is 3. The summed E-state index contributed by atoms with van der Waals surface area (Å²) in [6, 6.07) is 0. The summed E-state index contributed by atoms with van der Waals surface area (Å²) in [7, 11) is 0. The van der Waals surface area contributed by atoms with Gasteiger partial charge in [0.2, 0.25) is 0 Å². The number of hydrogen-bond donors (Lipinski definition) is 1. The predicted molar refractivity (Wildman–Crippen MR) is 87.8 cm³/mol. The van der Waals surface area contributed by atoms with Crippen LogP contribution in [-0.4, -0.2) is 34.9 Å². The molecule has 1 saturated carbocycles. The number of hydrogen-bond acceptors (Lipinski definition) is 5. The summed E-state index contributed by atoms with van der Waals surface area (Å²) in [6.45, 7) is 13.3. The van der Waals surface area contributed by atoms with Crippen molar-refractivity contribution in [3.8, 4) is 0 Å². The third-order valence-corrected chi connectivity index (χ3v) is 5.53. The minimum atomic E-state index is -1.17. The first-order valence-electron chi connectivity index (χ1n) is 8.34. The molecule has 5 nitrogen and oxygen atoms in total. The fourth-order valence-electron chi connectivity index (χ4n) is 4.11. The summed E-state index contributed by atoms with van der Waals surface area (Å²) in [5.41, 5.74) is 0.711. The third-order valence-electron chi connectivity index (χ3n) is 5.53. The van der Waals surface area contributed by atoms with Gasteiger partial charge in [-0.3, -0.25) is 4.79 Å². The molecule has 1 heterocycles. The third kappa shape index (κ3) is 2.34. The van der Waals surface area contributed by atoms with Gasteiger partial charge in [0, 0.05) is 12.0 Å². The first kappa shape index (κ1) is 17.0. The second-order valence-corrected chi connectivity index (χ2v) is 7.41. The maximum Gasteiger partial charge on any atom is 0.334 e. The van der Waals surface area contributed by atoms with Crippen LogP contribution in [0.3, 0.4) is 0 Å². The molecule has 2 fully saturated rings. The van der Waals surface area contributed by atoms with Crippen molar-refractivity contribution in [1.29, 1.82) is 0 Å². The summed E-state index contributed by atoms with van der Waals surface area (Å²) in [4.78, 5) is 24.2. The lowest BCUT2D eigenvalue weighted by Gasteiger charge is -2.34. The highest BCUT2D eigenvalue weighted by molar-refractivity contribution is 5.91. The number of carbonyl (C=O) groups excluding carboxylic acids is 2. The van der Waals surface area contributed by atoms with Crippen LogP contribution in [0, 0.1) is 17.8 Å². The highest BCUT2D eigenvalue weighted by atomic mass is 16.6. The van der Waals surface area contributed by atoms with Crippen LogP contribution >= 0.6 is 0 Å². The summed E-state index contributed by atoms with van der Waals surface area (Å²) in [6.07, 6.45) is 1.50. The van der Waals surface area contributed by atoms with Gasteiger partial charge in [0.1, 0.15) is 12.2 Å². The van der Waals surface area contributed by atoms with Crippen LogP contribution in [0.15, 0.2) is 36.0 Å². The molecular weight excluding hydrogens is 308 g/mol. The van der Waals surface area contributed by atoms with Crippen molar-refractivity contribution >= 4 is 11.9 Å². The molecule has 130 valence electrons. The van der Waals surface area contributed by atoms with Gasteiger partial charge in [-0.2, -0.15) is 0 Å². The van der Waals surface area contributed by atoms with E-state index in [9.17, 15) is 14.7 Å². The Bertz CT molecular complexity index is 659. The Morgan fingerprint density at radius 3 is 2.75 bits per heavy atom. The van der Waals surface area contributed by atoms with E-state index in [4.69, 9.17) is 9.47 Å². The number of rotatable bonds is 2. The Balaban J connectivity index is 2.03. The maximum atomic E-state index is 12.1. The van der Waals surface area contributed by atoms with Gasteiger partial charge in [0.25, 0.3) is 0 Å². The van der Waals surface area contributed by atoms with Crippen molar-refractivity contribution in [1.82, 2.24) is 0 Å². The first-order valence-corrected chi connectivity index (χ1v) is 8.34. The quantitative estimate of drug-likeness (QED) is 0.477. The molecular formula is C19H24O5. The van der Waals surface area contributed by atoms with Crippen LogP contribution in [-0.2, 0) is 19.1 Å². The monoisotopic (exact) mass is 332 g/mol. The fourth-order valence-corrected chi connectivity index (χ4v) is 4.11. The van der Waals surface area contributed by atoms with Gasteiger partial charge in [0.15, 0.2) is 0 Å². The van der Waals surface area contributed by atoms with E-state index >= 15 is 0 Å². The zero-order valence-corrected chi connectivity index (χ0v) is 14.4. The lowest BCUT2D eigenvalue weighted by Crippen LogP contribution is -2.43. The largest absolute Gasteiger partial charge is 0.461 e. The minimum absolute atomic E-state index is 0.282. The fraction of sp³-hybridized carbons (Fsp3) is 0.579. The van der Waals surface area contributed by atoms with Gasteiger partial charge >= 0.3 is 11.9 Å². The molecule has 0 aromatic heterocycles. The topological polar surface area (TPSA) is 72.8 Å². The Hall–Kier alpha value is -1.88. The number of aliphatic hydroxyl groups is 1. The molecule has 5 heteroatoms. The molecule has 1 aliphatic heterocycles. The molecule has 0 amide bonds. The average Bonchev–Trinajstić information content (AvgIpc) is 2.93. The molecule has 5 unspecified atom stereocenters. The molecule has 1 saturated heterocycles. The molecule has 5 atom stereocenters. The first-order chi connectivity index (χ1) is 11.2. The summed E-state index contributed by atoms with van der Waals surface area (Å²) in [5.74, 6) is -1.94. The molecule has 3 rings (SSSR count). The summed E-state index contributed by atoms with van der Waals surface area (Å²) >= 11 is 0. The molecule has 1 N–H and O–H groups in total. The Kier molecular flexibility index (Phi) is 3.95. The van der Waals surface area contributed by atoms with E-state index in [-0.39, 0.29) is 17.8 Å². The van der Waals surface area contributed by atoms with Gasteiger partial charge in [-0.25, -0.2) is 4.79 Å². The summed E-state index contributed by atoms with van der Waals surface area (Å²) < 4.78 is 11.2. The Morgan fingerprint density at radius 2 is 2.12 bits per heavy atom. The summed E-state index contributed by atoms with van der Waals surface area (Å²) in [5, 5.41) is 11.2. The highest BCUT2D eigenvalue weighted by Gasteiger charge is 2.59. The van der Waals surface area contributed by atoms with Gasteiger partial charge in [0.05, 0.1) is 23.4 Å². The van der Waals surface area contributed by atoms with Gasteiger partial charge in [-0.1, -0.05) is 38.7 Å². The van der Waals surface area contributed by atoms with E-state index in [0.717, 1.165) is 5.57 Å². The van der Waals surface area contributed by atoms with Crippen molar-refractivity contribution in [2.75, 3.05) is 0 Å². The zero-order valence-electron chi connectivity index (χ0n) is 14.4. The molecule has 3 aliphatic rings. The van der Waals surface area contributed by atoms with Gasteiger partial charge in [-0.05, 0) is 18.9 Å². The molecule has 0 aromatic rings. The number of esters is 2. The number of carbonyl (C=O) groups is 2. The second-order valence-electron chi connectivity index (χ2n) is 7.41. The molecule has 0 aromatic carbocycles. The Labute approximate surface area is 142 Å².